The Kier molecular flexibility index (Phi) is 4.94. The predicted octanol–water partition coefficient (Wildman–Crippen LogP) is 1.83. The van der Waals surface area contributed by atoms with Crippen molar-refractivity contribution in [2.75, 3.05) is 6.54 Å². The van der Waals surface area contributed by atoms with Gasteiger partial charge in [-0.1, -0.05) is 18.2 Å². The zero-order chi connectivity index (χ0) is 12.8. The third-order valence-corrected chi connectivity index (χ3v) is 3.05. The molecule has 1 rings (SSSR count). The molecule has 0 aromatic carbocycles. The van der Waals surface area contributed by atoms with Crippen molar-refractivity contribution in [3.63, 3.8) is 0 Å². The Morgan fingerprint density at radius 3 is 2.59 bits per heavy atom. The molecule has 1 saturated heterocycles. The van der Waals surface area contributed by atoms with Crippen LogP contribution in [-0.4, -0.2) is 34.5 Å². The molecule has 1 N–H and O–H groups in total. The van der Waals surface area contributed by atoms with Crippen LogP contribution < -0.4 is 0 Å². The van der Waals surface area contributed by atoms with Crippen LogP contribution >= 0.6 is 0 Å². The van der Waals surface area contributed by atoms with Gasteiger partial charge < -0.3 is 10.0 Å². The molecule has 94 valence electrons. The standard InChI is InChI=1S/C13H19NO3/c1-3-4-5-6-12(15)14-8-7-11(13(16)17)9-10(14)2/h3-6,10-11H,7-9H2,1-2H3,(H,16,17). The lowest BCUT2D eigenvalue weighted by molar-refractivity contribution is -0.146. The Hall–Kier alpha value is -1.58. The quantitative estimate of drug-likeness (QED) is 0.602. The number of rotatable bonds is 3. The molecule has 0 aliphatic carbocycles. The zero-order valence-corrected chi connectivity index (χ0v) is 10.3. The van der Waals surface area contributed by atoms with E-state index in [2.05, 4.69) is 0 Å². The van der Waals surface area contributed by atoms with Gasteiger partial charge in [-0.3, -0.25) is 9.59 Å². The summed E-state index contributed by atoms with van der Waals surface area (Å²) in [7, 11) is 0. The molecular formula is C13H19NO3. The van der Waals surface area contributed by atoms with E-state index in [-0.39, 0.29) is 17.9 Å². The normalized spacial score (nSPS) is 25.6. The maximum Gasteiger partial charge on any atom is 0.306 e. The largest absolute Gasteiger partial charge is 0.481 e. The van der Waals surface area contributed by atoms with Gasteiger partial charge in [-0.2, -0.15) is 0 Å². The zero-order valence-electron chi connectivity index (χ0n) is 10.3. The van der Waals surface area contributed by atoms with Crippen LogP contribution in [0, 0.1) is 5.92 Å². The lowest BCUT2D eigenvalue weighted by atomic mass is 9.91. The molecule has 2 atom stereocenters. The second kappa shape index (κ2) is 6.23. The Labute approximate surface area is 102 Å². The van der Waals surface area contributed by atoms with Crippen molar-refractivity contribution in [1.82, 2.24) is 4.90 Å². The van der Waals surface area contributed by atoms with Gasteiger partial charge in [0.1, 0.15) is 0 Å². The first-order chi connectivity index (χ1) is 8.06. The molecule has 17 heavy (non-hydrogen) atoms. The number of aliphatic carboxylic acids is 1. The second-order valence-electron chi connectivity index (χ2n) is 4.33. The minimum absolute atomic E-state index is 0.00685. The molecule has 0 saturated carbocycles. The number of amides is 1. The molecule has 1 heterocycles. The highest BCUT2D eigenvalue weighted by Crippen LogP contribution is 2.23. The van der Waals surface area contributed by atoms with Crippen molar-refractivity contribution in [2.45, 2.75) is 32.7 Å². The van der Waals surface area contributed by atoms with Gasteiger partial charge in [0.25, 0.3) is 0 Å². The molecule has 1 amide bonds. The van der Waals surface area contributed by atoms with Crippen molar-refractivity contribution in [1.29, 1.82) is 0 Å². The summed E-state index contributed by atoms with van der Waals surface area (Å²) < 4.78 is 0. The summed E-state index contributed by atoms with van der Waals surface area (Å²) >= 11 is 0. The van der Waals surface area contributed by atoms with E-state index >= 15 is 0 Å². The highest BCUT2D eigenvalue weighted by molar-refractivity contribution is 5.88. The van der Waals surface area contributed by atoms with E-state index in [1.165, 1.54) is 6.08 Å². The molecule has 1 aliphatic heterocycles. The summed E-state index contributed by atoms with van der Waals surface area (Å²) in [5, 5.41) is 8.93. The highest BCUT2D eigenvalue weighted by Gasteiger charge is 2.31. The predicted molar refractivity (Wildman–Crippen MR) is 65.5 cm³/mol. The smallest absolute Gasteiger partial charge is 0.306 e. The van der Waals surface area contributed by atoms with Crippen molar-refractivity contribution in [2.24, 2.45) is 5.92 Å². The molecule has 0 aromatic rings. The second-order valence-corrected chi connectivity index (χ2v) is 4.33. The summed E-state index contributed by atoms with van der Waals surface area (Å²) in [6.45, 7) is 4.31. The number of carbonyl (C=O) groups excluding carboxylic acids is 1. The van der Waals surface area contributed by atoms with Crippen molar-refractivity contribution in [3.8, 4) is 0 Å². The van der Waals surface area contributed by atoms with E-state index in [9.17, 15) is 9.59 Å². The van der Waals surface area contributed by atoms with Crippen molar-refractivity contribution < 1.29 is 14.7 Å². The van der Waals surface area contributed by atoms with E-state index in [1.54, 1.807) is 17.1 Å². The van der Waals surface area contributed by atoms with Crippen LogP contribution in [0.5, 0.6) is 0 Å². The van der Waals surface area contributed by atoms with Crippen LogP contribution in [0.25, 0.3) is 0 Å². The molecule has 1 fully saturated rings. The third-order valence-electron chi connectivity index (χ3n) is 3.05. The average molecular weight is 237 g/mol. The molecule has 0 bridgehead atoms. The summed E-state index contributed by atoms with van der Waals surface area (Å²) in [6.07, 6.45) is 7.97. The number of piperidine rings is 1. The molecule has 0 aromatic heterocycles. The Balaban J connectivity index is 2.57. The van der Waals surface area contributed by atoms with Crippen LogP contribution in [-0.2, 0) is 9.59 Å². The molecule has 0 spiro atoms. The molecule has 0 radical (unpaired) electrons. The van der Waals surface area contributed by atoms with Crippen LogP contribution in [0.4, 0.5) is 0 Å². The average Bonchev–Trinajstić information content (AvgIpc) is 2.28. The van der Waals surface area contributed by atoms with Crippen LogP contribution in [0.1, 0.15) is 26.7 Å². The maximum atomic E-state index is 11.8. The molecule has 4 nitrogen and oxygen atoms in total. The third kappa shape index (κ3) is 3.73. The number of carbonyl (C=O) groups is 2. The van der Waals surface area contributed by atoms with Gasteiger partial charge in [0.2, 0.25) is 5.91 Å². The summed E-state index contributed by atoms with van der Waals surface area (Å²) in [6, 6.07) is -0.00685. The Morgan fingerprint density at radius 2 is 2.06 bits per heavy atom. The van der Waals surface area contributed by atoms with Gasteiger partial charge in [-0.05, 0) is 26.7 Å². The highest BCUT2D eigenvalue weighted by atomic mass is 16.4. The Bertz CT molecular complexity index is 347. The number of carboxylic acid groups (broad SMARTS) is 1. The molecule has 2 unspecified atom stereocenters. The summed E-state index contributed by atoms with van der Waals surface area (Å²) in [5.74, 6) is -1.11. The number of allylic oxidation sites excluding steroid dienone is 3. The molecule has 1 aliphatic rings. The van der Waals surface area contributed by atoms with Gasteiger partial charge >= 0.3 is 5.97 Å². The number of likely N-dealkylation sites (tertiary alicyclic amines) is 1. The van der Waals surface area contributed by atoms with E-state index in [0.717, 1.165) is 0 Å². The van der Waals surface area contributed by atoms with Gasteiger partial charge in [0.15, 0.2) is 0 Å². The van der Waals surface area contributed by atoms with Gasteiger partial charge in [0.05, 0.1) is 5.92 Å². The first kappa shape index (κ1) is 13.5. The van der Waals surface area contributed by atoms with E-state index < -0.39 is 5.97 Å². The van der Waals surface area contributed by atoms with Gasteiger partial charge in [0, 0.05) is 18.7 Å². The minimum Gasteiger partial charge on any atom is -0.481 e. The van der Waals surface area contributed by atoms with Crippen LogP contribution in [0.15, 0.2) is 24.3 Å². The molecular weight excluding hydrogens is 218 g/mol. The van der Waals surface area contributed by atoms with E-state index in [4.69, 9.17) is 5.11 Å². The fourth-order valence-corrected chi connectivity index (χ4v) is 2.07. The lowest BCUT2D eigenvalue weighted by Crippen LogP contribution is -2.45. The van der Waals surface area contributed by atoms with Gasteiger partial charge in [-0.25, -0.2) is 0 Å². The SMILES string of the molecule is CC=CC=CC(=O)N1CCC(C(=O)O)CC1C. The van der Waals surface area contributed by atoms with E-state index in [1.807, 2.05) is 19.9 Å². The van der Waals surface area contributed by atoms with Crippen molar-refractivity contribution in [3.05, 3.63) is 24.3 Å². The first-order valence-electron chi connectivity index (χ1n) is 5.89. The fraction of sp³-hybridized carbons (Fsp3) is 0.538. The number of hydrogen-bond donors (Lipinski definition) is 1. The van der Waals surface area contributed by atoms with Crippen molar-refractivity contribution >= 4 is 11.9 Å². The Morgan fingerprint density at radius 1 is 1.35 bits per heavy atom. The van der Waals surface area contributed by atoms with E-state index in [0.29, 0.717) is 19.4 Å². The number of carboxylic acids is 1. The minimum atomic E-state index is -0.756. The fourth-order valence-electron chi connectivity index (χ4n) is 2.07. The lowest BCUT2D eigenvalue weighted by Gasteiger charge is -2.35. The summed E-state index contributed by atoms with van der Waals surface area (Å²) in [4.78, 5) is 24.4. The number of hydrogen-bond acceptors (Lipinski definition) is 2. The van der Waals surface area contributed by atoms with Gasteiger partial charge in [-0.15, -0.1) is 0 Å². The topological polar surface area (TPSA) is 57.6 Å². The van der Waals surface area contributed by atoms with Crippen LogP contribution in [0.2, 0.25) is 0 Å². The first-order valence-corrected chi connectivity index (χ1v) is 5.89. The molecule has 4 heteroatoms. The monoisotopic (exact) mass is 237 g/mol. The number of nitrogens with zero attached hydrogens (tertiary/aromatic N) is 1. The maximum absolute atomic E-state index is 11.8. The van der Waals surface area contributed by atoms with Crippen LogP contribution in [0.3, 0.4) is 0 Å². The summed E-state index contributed by atoms with van der Waals surface area (Å²) in [5.41, 5.74) is 0.